The SMILES string of the molecule is CCCC1CCC(NC(=O)c2ccc(OC)cc2N)CC1. The molecule has 1 aromatic carbocycles. The summed E-state index contributed by atoms with van der Waals surface area (Å²) in [5, 5.41) is 3.12. The van der Waals surface area contributed by atoms with Crippen LogP contribution in [0.2, 0.25) is 0 Å². The van der Waals surface area contributed by atoms with Crippen LogP contribution in [-0.4, -0.2) is 19.1 Å². The number of rotatable bonds is 5. The summed E-state index contributed by atoms with van der Waals surface area (Å²) in [7, 11) is 1.59. The van der Waals surface area contributed by atoms with Gasteiger partial charge >= 0.3 is 0 Å². The molecule has 0 atom stereocenters. The molecule has 0 bridgehead atoms. The Balaban J connectivity index is 1.90. The van der Waals surface area contributed by atoms with Crippen molar-refractivity contribution in [2.45, 2.75) is 51.5 Å². The van der Waals surface area contributed by atoms with Gasteiger partial charge in [-0.15, -0.1) is 0 Å². The molecule has 3 N–H and O–H groups in total. The minimum atomic E-state index is -0.0749. The van der Waals surface area contributed by atoms with Crippen molar-refractivity contribution < 1.29 is 9.53 Å². The van der Waals surface area contributed by atoms with Gasteiger partial charge in [0.2, 0.25) is 0 Å². The van der Waals surface area contributed by atoms with Crippen molar-refractivity contribution in [1.29, 1.82) is 0 Å². The average Bonchev–Trinajstić information content (AvgIpc) is 2.49. The molecule has 0 spiro atoms. The number of benzene rings is 1. The van der Waals surface area contributed by atoms with E-state index in [1.165, 1.54) is 25.7 Å². The van der Waals surface area contributed by atoms with Gasteiger partial charge in [0.05, 0.1) is 12.7 Å². The Hall–Kier alpha value is -1.71. The number of nitrogens with one attached hydrogen (secondary N) is 1. The van der Waals surface area contributed by atoms with Gasteiger partial charge in [-0.25, -0.2) is 0 Å². The molecule has 0 aliphatic heterocycles. The number of hydrogen-bond donors (Lipinski definition) is 2. The zero-order chi connectivity index (χ0) is 15.2. The molecular weight excluding hydrogens is 264 g/mol. The normalized spacial score (nSPS) is 21.8. The number of nitrogens with two attached hydrogens (primary N) is 1. The highest BCUT2D eigenvalue weighted by atomic mass is 16.5. The van der Waals surface area contributed by atoms with E-state index in [4.69, 9.17) is 10.5 Å². The molecule has 0 radical (unpaired) electrons. The summed E-state index contributed by atoms with van der Waals surface area (Å²) in [5.41, 5.74) is 6.92. The van der Waals surface area contributed by atoms with Crippen LogP contribution in [0.3, 0.4) is 0 Å². The Labute approximate surface area is 127 Å². The Morgan fingerprint density at radius 2 is 2.05 bits per heavy atom. The molecule has 1 fully saturated rings. The van der Waals surface area contributed by atoms with Crippen LogP contribution in [0.4, 0.5) is 5.69 Å². The van der Waals surface area contributed by atoms with Crippen LogP contribution in [-0.2, 0) is 0 Å². The molecule has 1 amide bonds. The molecule has 1 aromatic rings. The third kappa shape index (κ3) is 4.13. The minimum absolute atomic E-state index is 0.0749. The van der Waals surface area contributed by atoms with Gasteiger partial charge in [0.15, 0.2) is 0 Å². The van der Waals surface area contributed by atoms with Gasteiger partial charge in [0.1, 0.15) is 5.75 Å². The van der Waals surface area contributed by atoms with Crippen LogP contribution in [0, 0.1) is 5.92 Å². The van der Waals surface area contributed by atoms with Crippen LogP contribution >= 0.6 is 0 Å². The largest absolute Gasteiger partial charge is 0.497 e. The van der Waals surface area contributed by atoms with E-state index in [1.54, 1.807) is 25.3 Å². The quantitative estimate of drug-likeness (QED) is 0.817. The number of amides is 1. The summed E-state index contributed by atoms with van der Waals surface area (Å²) in [4.78, 5) is 12.3. The summed E-state index contributed by atoms with van der Waals surface area (Å²) >= 11 is 0. The van der Waals surface area contributed by atoms with Crippen molar-refractivity contribution in [3.05, 3.63) is 23.8 Å². The maximum absolute atomic E-state index is 12.3. The zero-order valence-corrected chi connectivity index (χ0v) is 13.0. The Bertz CT molecular complexity index is 480. The highest BCUT2D eigenvalue weighted by molar-refractivity contribution is 5.99. The standard InChI is InChI=1S/C17H26N2O2/c1-3-4-12-5-7-13(8-6-12)19-17(20)15-10-9-14(21-2)11-16(15)18/h9-13H,3-8,18H2,1-2H3,(H,19,20). The number of nitrogen functional groups attached to an aromatic ring is 1. The average molecular weight is 290 g/mol. The maximum Gasteiger partial charge on any atom is 0.253 e. The van der Waals surface area contributed by atoms with Gasteiger partial charge in [-0.1, -0.05) is 19.8 Å². The third-order valence-electron chi connectivity index (χ3n) is 4.38. The van der Waals surface area contributed by atoms with E-state index >= 15 is 0 Å². The fourth-order valence-corrected chi connectivity index (χ4v) is 3.14. The van der Waals surface area contributed by atoms with Crippen molar-refractivity contribution in [2.24, 2.45) is 5.92 Å². The number of carbonyl (C=O) groups is 1. The summed E-state index contributed by atoms with van der Waals surface area (Å²) in [5.74, 6) is 1.44. The highest BCUT2D eigenvalue weighted by Crippen LogP contribution is 2.28. The first-order valence-corrected chi connectivity index (χ1v) is 7.88. The highest BCUT2D eigenvalue weighted by Gasteiger charge is 2.22. The minimum Gasteiger partial charge on any atom is -0.497 e. The molecule has 4 nitrogen and oxygen atoms in total. The van der Waals surface area contributed by atoms with Gasteiger partial charge in [0.25, 0.3) is 5.91 Å². The van der Waals surface area contributed by atoms with Crippen molar-refractivity contribution in [1.82, 2.24) is 5.32 Å². The Morgan fingerprint density at radius 1 is 1.33 bits per heavy atom. The smallest absolute Gasteiger partial charge is 0.253 e. The second kappa shape index (κ2) is 7.34. The lowest BCUT2D eigenvalue weighted by Crippen LogP contribution is -2.37. The van der Waals surface area contributed by atoms with Gasteiger partial charge in [0, 0.05) is 17.8 Å². The van der Waals surface area contributed by atoms with Crippen LogP contribution < -0.4 is 15.8 Å². The molecular formula is C17H26N2O2. The first-order valence-electron chi connectivity index (χ1n) is 7.88. The molecule has 0 unspecified atom stereocenters. The summed E-state index contributed by atoms with van der Waals surface area (Å²) < 4.78 is 5.10. The second-order valence-corrected chi connectivity index (χ2v) is 5.93. The lowest BCUT2D eigenvalue weighted by atomic mass is 9.83. The van der Waals surface area contributed by atoms with Crippen LogP contribution in [0.25, 0.3) is 0 Å². The molecule has 1 saturated carbocycles. The van der Waals surface area contributed by atoms with E-state index in [9.17, 15) is 4.79 Å². The number of methoxy groups -OCH3 is 1. The van der Waals surface area contributed by atoms with E-state index in [2.05, 4.69) is 12.2 Å². The zero-order valence-electron chi connectivity index (χ0n) is 13.0. The number of carbonyl (C=O) groups excluding carboxylic acids is 1. The predicted molar refractivity (Wildman–Crippen MR) is 85.5 cm³/mol. The van der Waals surface area contributed by atoms with E-state index in [0.29, 0.717) is 17.0 Å². The van der Waals surface area contributed by atoms with Gasteiger partial charge in [-0.2, -0.15) is 0 Å². The molecule has 1 aliphatic carbocycles. The third-order valence-corrected chi connectivity index (χ3v) is 4.38. The van der Waals surface area contributed by atoms with E-state index in [0.717, 1.165) is 18.8 Å². The molecule has 2 rings (SSSR count). The van der Waals surface area contributed by atoms with Crippen molar-refractivity contribution in [3.8, 4) is 5.75 Å². The van der Waals surface area contributed by atoms with Crippen molar-refractivity contribution in [3.63, 3.8) is 0 Å². The fraction of sp³-hybridized carbons (Fsp3) is 0.588. The predicted octanol–water partition coefficient (Wildman–Crippen LogP) is 3.37. The van der Waals surface area contributed by atoms with Crippen molar-refractivity contribution in [2.75, 3.05) is 12.8 Å². The van der Waals surface area contributed by atoms with Gasteiger partial charge in [-0.3, -0.25) is 4.79 Å². The van der Waals surface area contributed by atoms with Gasteiger partial charge < -0.3 is 15.8 Å². The molecule has 4 heteroatoms. The Morgan fingerprint density at radius 3 is 2.62 bits per heavy atom. The first-order chi connectivity index (χ1) is 10.1. The molecule has 116 valence electrons. The number of ether oxygens (including phenoxy) is 1. The summed E-state index contributed by atoms with van der Waals surface area (Å²) in [6, 6.07) is 5.47. The molecule has 0 aromatic heterocycles. The summed E-state index contributed by atoms with van der Waals surface area (Å²) in [6.45, 7) is 2.24. The maximum atomic E-state index is 12.3. The molecule has 0 saturated heterocycles. The van der Waals surface area contributed by atoms with Crippen molar-refractivity contribution >= 4 is 11.6 Å². The van der Waals surface area contributed by atoms with E-state index in [-0.39, 0.29) is 11.9 Å². The number of anilines is 1. The molecule has 21 heavy (non-hydrogen) atoms. The fourth-order valence-electron chi connectivity index (χ4n) is 3.14. The monoisotopic (exact) mass is 290 g/mol. The lowest BCUT2D eigenvalue weighted by molar-refractivity contribution is 0.0922. The molecule has 1 aliphatic rings. The van der Waals surface area contributed by atoms with Gasteiger partial charge in [-0.05, 0) is 43.7 Å². The number of hydrogen-bond acceptors (Lipinski definition) is 3. The summed E-state index contributed by atoms with van der Waals surface area (Å²) in [6.07, 6.45) is 7.16. The topological polar surface area (TPSA) is 64.3 Å². The molecule has 0 heterocycles. The van der Waals surface area contributed by atoms with Crippen LogP contribution in [0.1, 0.15) is 55.8 Å². The van der Waals surface area contributed by atoms with E-state index in [1.807, 2.05) is 0 Å². The van der Waals surface area contributed by atoms with Crippen LogP contribution in [0.5, 0.6) is 5.75 Å². The Kier molecular flexibility index (Phi) is 5.48. The van der Waals surface area contributed by atoms with Crippen LogP contribution in [0.15, 0.2) is 18.2 Å². The second-order valence-electron chi connectivity index (χ2n) is 5.93. The first kappa shape index (κ1) is 15.7. The van der Waals surface area contributed by atoms with E-state index < -0.39 is 0 Å². The lowest BCUT2D eigenvalue weighted by Gasteiger charge is -2.29.